The summed E-state index contributed by atoms with van der Waals surface area (Å²) in [6, 6.07) is 17.1. The summed E-state index contributed by atoms with van der Waals surface area (Å²) in [5, 5.41) is 18.7. The van der Waals surface area contributed by atoms with Crippen LogP contribution in [-0.4, -0.2) is 67.6 Å². The van der Waals surface area contributed by atoms with Crippen molar-refractivity contribution in [3.05, 3.63) is 107 Å². The fraction of sp³-hybridized carbons (Fsp3) is 0.421. The van der Waals surface area contributed by atoms with Gasteiger partial charge in [0.1, 0.15) is 6.17 Å². The summed E-state index contributed by atoms with van der Waals surface area (Å²) in [5.41, 5.74) is 3.09. The Hall–Kier alpha value is -4.55. The normalized spacial score (nSPS) is 16.7. The highest BCUT2D eigenvalue weighted by molar-refractivity contribution is 6.00. The van der Waals surface area contributed by atoms with Crippen LogP contribution in [0.1, 0.15) is 77.8 Å². The van der Waals surface area contributed by atoms with E-state index in [2.05, 4.69) is 41.1 Å². The predicted octanol–water partition coefficient (Wildman–Crippen LogP) is 5.79. The number of carbonyl (C=O) groups is 3. The van der Waals surface area contributed by atoms with Crippen LogP contribution in [0.25, 0.3) is 0 Å². The molecule has 3 N–H and O–H groups in total. The second-order valence-corrected chi connectivity index (χ2v) is 12.3. The van der Waals surface area contributed by atoms with Crippen LogP contribution in [0.15, 0.2) is 84.5 Å². The molecular weight excluding hydrogens is 593 g/mol. The number of halogens is 1. The number of hydrogen-bond donors (Lipinski definition) is 3. The highest BCUT2D eigenvalue weighted by Gasteiger charge is 2.26. The van der Waals surface area contributed by atoms with Crippen molar-refractivity contribution >= 4 is 17.7 Å². The first-order valence-electron chi connectivity index (χ1n) is 16.5. The minimum atomic E-state index is -0.911. The van der Waals surface area contributed by atoms with Gasteiger partial charge in [0.05, 0.1) is 12.1 Å². The average Bonchev–Trinajstić information content (AvgIpc) is 3.33. The van der Waals surface area contributed by atoms with Gasteiger partial charge in [0.15, 0.2) is 0 Å². The molecule has 2 aromatic carbocycles. The number of hydrogen-bond acceptors (Lipinski definition) is 5. The molecule has 8 nitrogen and oxygen atoms in total. The van der Waals surface area contributed by atoms with Crippen molar-refractivity contribution in [1.29, 1.82) is 5.26 Å². The molecule has 4 rings (SSSR count). The van der Waals surface area contributed by atoms with Crippen molar-refractivity contribution in [3.8, 4) is 6.07 Å². The quantitative estimate of drug-likeness (QED) is 0.269. The van der Waals surface area contributed by atoms with E-state index >= 15 is 0 Å². The molecule has 2 aromatic rings. The van der Waals surface area contributed by atoms with Crippen LogP contribution >= 0.6 is 0 Å². The number of piperidine rings is 1. The molecule has 3 amide bonds. The van der Waals surface area contributed by atoms with Crippen LogP contribution in [0.3, 0.4) is 0 Å². The van der Waals surface area contributed by atoms with E-state index < -0.39 is 12.1 Å². The molecule has 250 valence electrons. The number of amides is 3. The summed E-state index contributed by atoms with van der Waals surface area (Å²) in [6.45, 7) is 9.98. The van der Waals surface area contributed by atoms with Gasteiger partial charge in [-0.3, -0.25) is 14.4 Å². The smallest absolute Gasteiger partial charge is 0.253 e. The van der Waals surface area contributed by atoms with E-state index in [4.69, 9.17) is 0 Å². The molecule has 0 saturated carbocycles. The Kier molecular flexibility index (Phi) is 15.1. The summed E-state index contributed by atoms with van der Waals surface area (Å²) in [4.78, 5) is 40.6. The fourth-order valence-electron chi connectivity index (χ4n) is 5.23. The van der Waals surface area contributed by atoms with Crippen molar-refractivity contribution in [3.63, 3.8) is 0 Å². The van der Waals surface area contributed by atoms with Crippen LogP contribution in [0, 0.1) is 24.2 Å². The van der Waals surface area contributed by atoms with Gasteiger partial charge in [0.2, 0.25) is 5.91 Å². The predicted molar refractivity (Wildman–Crippen MR) is 185 cm³/mol. The fourth-order valence-corrected chi connectivity index (χ4v) is 5.23. The highest BCUT2D eigenvalue weighted by atomic mass is 19.1. The Morgan fingerprint density at radius 1 is 0.979 bits per heavy atom. The Bertz CT molecular complexity index is 1470. The number of nitriles is 1. The molecule has 1 saturated heterocycles. The van der Waals surface area contributed by atoms with Crippen LogP contribution in [0.5, 0.6) is 0 Å². The van der Waals surface area contributed by atoms with E-state index in [-0.39, 0.29) is 30.3 Å². The van der Waals surface area contributed by atoms with Gasteiger partial charge >= 0.3 is 0 Å². The molecule has 2 atom stereocenters. The second-order valence-electron chi connectivity index (χ2n) is 12.3. The van der Waals surface area contributed by atoms with Crippen molar-refractivity contribution in [2.75, 3.05) is 32.7 Å². The van der Waals surface area contributed by atoms with Crippen molar-refractivity contribution < 1.29 is 18.8 Å². The molecule has 2 unspecified atom stereocenters. The zero-order chi connectivity index (χ0) is 34.2. The van der Waals surface area contributed by atoms with Crippen molar-refractivity contribution in [1.82, 2.24) is 20.9 Å². The monoisotopic (exact) mass is 641 g/mol. The standard InChI is InChI=1S/C31H40FN5O3.C7H8/c1-4-28(30(39)36-20-21(2)3)34-12-13-35-29(38)24-16-23(27-9-7-5-6-8-22(27)19-33)17-25(18-24)31(40)37-14-10-26(32)11-15-37;1-7-5-3-2-4-6-7/h5-9,16-18,21,26-28,34H,4,10-15,20H2,1-3H3,(H,35,38)(H,36,39);2-6H,1H3. The minimum Gasteiger partial charge on any atom is -0.354 e. The van der Waals surface area contributed by atoms with E-state index in [0.717, 1.165) is 0 Å². The summed E-state index contributed by atoms with van der Waals surface area (Å²) < 4.78 is 13.7. The second kappa shape index (κ2) is 19.2. The molecule has 47 heavy (non-hydrogen) atoms. The SMILES string of the molecule is CCC(NCCNC(=O)c1cc(C(=O)N2CCC(F)CC2)cc(C2C=CC=CC=C2C#N)c1)C(=O)NCC(C)C.Cc1ccccc1. The van der Waals surface area contributed by atoms with Gasteiger partial charge < -0.3 is 20.9 Å². The van der Waals surface area contributed by atoms with Crippen LogP contribution in [0.2, 0.25) is 0 Å². The van der Waals surface area contributed by atoms with Crippen LogP contribution < -0.4 is 16.0 Å². The van der Waals surface area contributed by atoms with Gasteiger partial charge in [0, 0.05) is 55.3 Å². The third-order valence-corrected chi connectivity index (χ3v) is 7.95. The van der Waals surface area contributed by atoms with Gasteiger partial charge in [-0.05, 0) is 61.9 Å². The lowest BCUT2D eigenvalue weighted by molar-refractivity contribution is -0.123. The minimum absolute atomic E-state index is 0.0672. The number of nitrogens with one attached hydrogen (secondary N) is 3. The Morgan fingerprint density at radius 3 is 2.30 bits per heavy atom. The molecule has 1 aliphatic carbocycles. The van der Waals surface area contributed by atoms with E-state index in [1.165, 1.54) is 5.56 Å². The Balaban J connectivity index is 0.000000756. The largest absolute Gasteiger partial charge is 0.354 e. The van der Waals surface area contributed by atoms with Gasteiger partial charge in [-0.2, -0.15) is 5.26 Å². The van der Waals surface area contributed by atoms with Crippen LogP contribution in [0.4, 0.5) is 4.39 Å². The zero-order valence-corrected chi connectivity index (χ0v) is 28.0. The number of alkyl halides is 1. The van der Waals surface area contributed by atoms with Gasteiger partial charge in [-0.15, -0.1) is 0 Å². The zero-order valence-electron chi connectivity index (χ0n) is 28.0. The summed E-state index contributed by atoms with van der Waals surface area (Å²) in [7, 11) is 0. The maximum Gasteiger partial charge on any atom is 0.253 e. The number of carbonyl (C=O) groups excluding carboxylic acids is 3. The van der Waals surface area contributed by atoms with Gasteiger partial charge in [-0.25, -0.2) is 4.39 Å². The first-order valence-corrected chi connectivity index (χ1v) is 16.5. The van der Waals surface area contributed by atoms with Crippen molar-refractivity contribution in [2.24, 2.45) is 5.92 Å². The molecule has 1 aliphatic heterocycles. The molecule has 2 aliphatic rings. The topological polar surface area (TPSA) is 114 Å². The molecule has 1 heterocycles. The highest BCUT2D eigenvalue weighted by Crippen LogP contribution is 2.30. The van der Waals surface area contributed by atoms with Crippen LogP contribution in [-0.2, 0) is 4.79 Å². The number of likely N-dealkylation sites (tertiary alicyclic amines) is 1. The molecule has 1 fully saturated rings. The average molecular weight is 642 g/mol. The first-order chi connectivity index (χ1) is 22.6. The van der Waals surface area contributed by atoms with Gasteiger partial charge in [0.25, 0.3) is 11.8 Å². The van der Waals surface area contributed by atoms with Gasteiger partial charge in [-0.1, -0.05) is 81.0 Å². The van der Waals surface area contributed by atoms with E-state index in [1.54, 1.807) is 35.3 Å². The summed E-state index contributed by atoms with van der Waals surface area (Å²) in [5.74, 6) is -0.764. The molecule has 9 heteroatoms. The maximum atomic E-state index is 13.7. The lowest BCUT2D eigenvalue weighted by atomic mass is 9.88. The van der Waals surface area contributed by atoms with E-state index in [0.29, 0.717) is 73.6 Å². The number of nitrogens with zero attached hydrogens (tertiary/aromatic N) is 2. The summed E-state index contributed by atoms with van der Waals surface area (Å²) in [6.07, 6.45) is 9.29. The van der Waals surface area contributed by atoms with E-state index in [1.807, 2.05) is 57.2 Å². The maximum absolute atomic E-state index is 13.7. The van der Waals surface area contributed by atoms with E-state index in [9.17, 15) is 24.0 Å². The number of allylic oxidation sites excluding steroid dienone is 6. The molecule has 0 aromatic heterocycles. The molecular formula is C38H48FN5O3. The Labute approximate surface area is 278 Å². The third-order valence-electron chi connectivity index (χ3n) is 7.95. The number of benzene rings is 2. The molecule has 0 radical (unpaired) electrons. The Morgan fingerprint density at radius 2 is 1.68 bits per heavy atom. The van der Waals surface area contributed by atoms with Crippen molar-refractivity contribution in [2.45, 2.75) is 65.1 Å². The molecule has 0 spiro atoms. The third kappa shape index (κ3) is 12.0. The number of aryl methyl sites for hydroxylation is 1. The lowest BCUT2D eigenvalue weighted by Crippen LogP contribution is -2.47. The lowest BCUT2D eigenvalue weighted by Gasteiger charge is -2.29. The molecule has 0 bridgehead atoms. The first kappa shape index (κ1) is 36.9. The summed E-state index contributed by atoms with van der Waals surface area (Å²) >= 11 is 0. The number of rotatable bonds is 11.